The highest BCUT2D eigenvalue weighted by molar-refractivity contribution is 4.86. The average Bonchev–Trinajstić information content (AvgIpc) is 2.63. The van der Waals surface area contributed by atoms with E-state index in [1.165, 1.54) is 25.7 Å². The number of aromatic nitrogens is 3. The van der Waals surface area contributed by atoms with Crippen molar-refractivity contribution in [2.75, 3.05) is 0 Å². The van der Waals surface area contributed by atoms with Crippen molar-refractivity contribution in [3.8, 4) is 0 Å². The Balaban J connectivity index is 1.94. The SMILES string of the molecule is Cc1cn(CC2CCCC2)nn1. The number of hydrogen-bond donors (Lipinski definition) is 0. The molecule has 1 fully saturated rings. The van der Waals surface area contributed by atoms with Gasteiger partial charge in [0.15, 0.2) is 0 Å². The Hall–Kier alpha value is -0.860. The summed E-state index contributed by atoms with van der Waals surface area (Å²) in [5, 5.41) is 8.02. The highest BCUT2D eigenvalue weighted by atomic mass is 15.4. The summed E-state index contributed by atoms with van der Waals surface area (Å²) in [4.78, 5) is 0. The second kappa shape index (κ2) is 3.25. The van der Waals surface area contributed by atoms with Crippen LogP contribution in [0.5, 0.6) is 0 Å². The molecule has 0 aromatic carbocycles. The van der Waals surface area contributed by atoms with Crippen LogP contribution >= 0.6 is 0 Å². The molecule has 0 bridgehead atoms. The number of nitrogens with zero attached hydrogens (tertiary/aromatic N) is 3. The standard InChI is InChI=1S/C9H15N3/c1-8-6-12(11-10-8)7-9-4-2-3-5-9/h6,9H,2-5,7H2,1H3. The molecule has 1 saturated carbocycles. The Morgan fingerprint density at radius 1 is 1.50 bits per heavy atom. The van der Waals surface area contributed by atoms with E-state index < -0.39 is 0 Å². The van der Waals surface area contributed by atoms with Gasteiger partial charge in [0.25, 0.3) is 0 Å². The third kappa shape index (κ3) is 1.65. The number of rotatable bonds is 2. The van der Waals surface area contributed by atoms with Crippen molar-refractivity contribution in [3.05, 3.63) is 11.9 Å². The second-order valence-corrected chi connectivity index (χ2v) is 3.73. The monoisotopic (exact) mass is 165 g/mol. The van der Waals surface area contributed by atoms with Crippen molar-refractivity contribution < 1.29 is 0 Å². The van der Waals surface area contributed by atoms with E-state index >= 15 is 0 Å². The molecule has 1 aliphatic carbocycles. The highest BCUT2D eigenvalue weighted by Gasteiger charge is 2.15. The summed E-state index contributed by atoms with van der Waals surface area (Å²) in [6.07, 6.45) is 7.58. The molecule has 1 heterocycles. The van der Waals surface area contributed by atoms with Gasteiger partial charge < -0.3 is 0 Å². The van der Waals surface area contributed by atoms with E-state index in [4.69, 9.17) is 0 Å². The van der Waals surface area contributed by atoms with Crippen LogP contribution < -0.4 is 0 Å². The molecule has 2 rings (SSSR count). The maximum Gasteiger partial charge on any atom is 0.0796 e. The van der Waals surface area contributed by atoms with Crippen LogP contribution in [0.4, 0.5) is 0 Å². The number of aryl methyl sites for hydroxylation is 1. The first kappa shape index (κ1) is 7.77. The molecular weight excluding hydrogens is 150 g/mol. The van der Waals surface area contributed by atoms with Crippen molar-refractivity contribution in [2.45, 2.75) is 39.2 Å². The van der Waals surface area contributed by atoms with E-state index in [0.717, 1.165) is 18.2 Å². The first-order valence-electron chi connectivity index (χ1n) is 4.71. The molecule has 0 spiro atoms. The van der Waals surface area contributed by atoms with E-state index in [1.54, 1.807) is 0 Å². The van der Waals surface area contributed by atoms with Gasteiger partial charge in [0.2, 0.25) is 0 Å². The van der Waals surface area contributed by atoms with Gasteiger partial charge >= 0.3 is 0 Å². The molecule has 0 amide bonds. The zero-order valence-electron chi connectivity index (χ0n) is 7.53. The van der Waals surface area contributed by atoms with Gasteiger partial charge in [0, 0.05) is 12.7 Å². The molecule has 3 heteroatoms. The van der Waals surface area contributed by atoms with Gasteiger partial charge in [-0.05, 0) is 25.7 Å². The van der Waals surface area contributed by atoms with E-state index in [-0.39, 0.29) is 0 Å². The Morgan fingerprint density at radius 2 is 2.25 bits per heavy atom. The lowest BCUT2D eigenvalue weighted by molar-refractivity contribution is 0.421. The average molecular weight is 165 g/mol. The van der Waals surface area contributed by atoms with Gasteiger partial charge in [-0.25, -0.2) is 0 Å². The molecule has 0 aliphatic heterocycles. The minimum atomic E-state index is 0.853. The van der Waals surface area contributed by atoms with E-state index in [0.29, 0.717) is 0 Å². The van der Waals surface area contributed by atoms with Crippen molar-refractivity contribution in [2.24, 2.45) is 5.92 Å². The highest BCUT2D eigenvalue weighted by Crippen LogP contribution is 2.25. The summed E-state index contributed by atoms with van der Waals surface area (Å²) in [6.45, 7) is 3.05. The Morgan fingerprint density at radius 3 is 2.83 bits per heavy atom. The smallest absolute Gasteiger partial charge is 0.0796 e. The zero-order chi connectivity index (χ0) is 8.39. The largest absolute Gasteiger partial charge is 0.252 e. The molecular formula is C9H15N3. The van der Waals surface area contributed by atoms with Crippen molar-refractivity contribution >= 4 is 0 Å². The predicted molar refractivity (Wildman–Crippen MR) is 46.7 cm³/mol. The maximum absolute atomic E-state index is 4.05. The zero-order valence-corrected chi connectivity index (χ0v) is 7.53. The van der Waals surface area contributed by atoms with E-state index in [9.17, 15) is 0 Å². The van der Waals surface area contributed by atoms with Gasteiger partial charge in [-0.15, -0.1) is 5.10 Å². The third-order valence-electron chi connectivity index (χ3n) is 2.57. The van der Waals surface area contributed by atoms with Crippen LogP contribution in [0.3, 0.4) is 0 Å². The van der Waals surface area contributed by atoms with Crippen LogP contribution in [0.2, 0.25) is 0 Å². The molecule has 0 N–H and O–H groups in total. The normalized spacial score (nSPS) is 18.8. The molecule has 0 unspecified atom stereocenters. The van der Waals surface area contributed by atoms with E-state index in [1.807, 2.05) is 17.8 Å². The fourth-order valence-electron chi connectivity index (χ4n) is 1.94. The molecule has 1 aliphatic rings. The summed E-state index contributed by atoms with van der Waals surface area (Å²) < 4.78 is 1.98. The van der Waals surface area contributed by atoms with Crippen LogP contribution in [0.15, 0.2) is 6.20 Å². The minimum absolute atomic E-state index is 0.853. The Kier molecular flexibility index (Phi) is 2.11. The topological polar surface area (TPSA) is 30.7 Å². The Bertz CT molecular complexity index is 248. The lowest BCUT2D eigenvalue weighted by Crippen LogP contribution is -2.07. The summed E-state index contributed by atoms with van der Waals surface area (Å²) in [5.74, 6) is 0.853. The van der Waals surface area contributed by atoms with Crippen LogP contribution in [-0.2, 0) is 6.54 Å². The summed E-state index contributed by atoms with van der Waals surface area (Å²) in [6, 6.07) is 0. The lowest BCUT2D eigenvalue weighted by Gasteiger charge is -2.06. The van der Waals surface area contributed by atoms with Crippen molar-refractivity contribution in [3.63, 3.8) is 0 Å². The molecule has 0 atom stereocenters. The molecule has 3 nitrogen and oxygen atoms in total. The first-order valence-corrected chi connectivity index (χ1v) is 4.71. The van der Waals surface area contributed by atoms with Gasteiger partial charge in [-0.1, -0.05) is 18.1 Å². The second-order valence-electron chi connectivity index (χ2n) is 3.73. The van der Waals surface area contributed by atoms with Crippen LogP contribution in [0, 0.1) is 12.8 Å². The fraction of sp³-hybridized carbons (Fsp3) is 0.778. The summed E-state index contributed by atoms with van der Waals surface area (Å²) >= 11 is 0. The van der Waals surface area contributed by atoms with E-state index in [2.05, 4.69) is 10.3 Å². The van der Waals surface area contributed by atoms with Gasteiger partial charge in [-0.2, -0.15) is 0 Å². The number of hydrogen-bond acceptors (Lipinski definition) is 2. The lowest BCUT2D eigenvalue weighted by atomic mass is 10.1. The molecule has 0 saturated heterocycles. The first-order chi connectivity index (χ1) is 5.84. The molecule has 1 aromatic heterocycles. The predicted octanol–water partition coefficient (Wildman–Crippen LogP) is 1.78. The van der Waals surface area contributed by atoms with Crippen LogP contribution in [0.1, 0.15) is 31.4 Å². The molecule has 66 valence electrons. The van der Waals surface area contributed by atoms with Gasteiger partial charge in [0.05, 0.1) is 5.69 Å². The summed E-state index contributed by atoms with van der Waals surface area (Å²) in [7, 11) is 0. The third-order valence-corrected chi connectivity index (χ3v) is 2.57. The summed E-state index contributed by atoms with van der Waals surface area (Å²) in [5.41, 5.74) is 1.02. The fourth-order valence-corrected chi connectivity index (χ4v) is 1.94. The van der Waals surface area contributed by atoms with Crippen molar-refractivity contribution in [1.82, 2.24) is 15.0 Å². The molecule has 1 aromatic rings. The quantitative estimate of drug-likeness (QED) is 0.668. The molecule has 0 radical (unpaired) electrons. The van der Waals surface area contributed by atoms with Gasteiger partial charge in [0.1, 0.15) is 0 Å². The maximum atomic E-state index is 4.05. The van der Waals surface area contributed by atoms with Gasteiger partial charge in [-0.3, -0.25) is 4.68 Å². The Labute approximate surface area is 72.8 Å². The van der Waals surface area contributed by atoms with Crippen LogP contribution in [-0.4, -0.2) is 15.0 Å². The molecule has 12 heavy (non-hydrogen) atoms. The van der Waals surface area contributed by atoms with Crippen molar-refractivity contribution in [1.29, 1.82) is 0 Å². The minimum Gasteiger partial charge on any atom is -0.252 e. The van der Waals surface area contributed by atoms with Crippen LogP contribution in [0.25, 0.3) is 0 Å².